The number of rotatable bonds is 7. The highest BCUT2D eigenvalue weighted by atomic mass is 35.5. The van der Waals surface area contributed by atoms with Gasteiger partial charge in [-0.3, -0.25) is 0 Å². The second-order valence-electron chi connectivity index (χ2n) is 10.1. The van der Waals surface area contributed by atoms with Gasteiger partial charge < -0.3 is 10.6 Å². The summed E-state index contributed by atoms with van der Waals surface area (Å²) in [5.41, 5.74) is 6.15. The van der Waals surface area contributed by atoms with E-state index in [-0.39, 0.29) is 5.92 Å². The molecule has 0 radical (unpaired) electrons. The molecule has 38 heavy (non-hydrogen) atoms. The van der Waals surface area contributed by atoms with Crippen LogP contribution in [0.4, 0.5) is 5.95 Å². The first-order valence-corrected chi connectivity index (χ1v) is 13.5. The summed E-state index contributed by atoms with van der Waals surface area (Å²) in [4.78, 5) is 9.96. The summed E-state index contributed by atoms with van der Waals surface area (Å²) in [6, 6.07) is 16.3. The Labute approximate surface area is 227 Å². The molecule has 4 heterocycles. The van der Waals surface area contributed by atoms with E-state index in [1.807, 2.05) is 47.4 Å². The zero-order valence-corrected chi connectivity index (χ0v) is 22.4. The zero-order valence-electron chi connectivity index (χ0n) is 21.6. The average Bonchev–Trinajstić information content (AvgIpc) is 3.63. The number of halogens is 1. The Kier molecular flexibility index (Phi) is 6.82. The molecule has 3 aromatic heterocycles. The highest BCUT2D eigenvalue weighted by Crippen LogP contribution is 2.34. The summed E-state index contributed by atoms with van der Waals surface area (Å²) in [5.74, 6) is 2.02. The van der Waals surface area contributed by atoms with E-state index in [1.54, 1.807) is 10.7 Å². The van der Waals surface area contributed by atoms with Crippen LogP contribution in [-0.4, -0.2) is 42.5 Å². The van der Waals surface area contributed by atoms with Crippen molar-refractivity contribution in [3.8, 4) is 17.1 Å². The molecule has 0 aliphatic carbocycles. The van der Waals surface area contributed by atoms with E-state index in [9.17, 15) is 0 Å². The van der Waals surface area contributed by atoms with Crippen molar-refractivity contribution in [3.05, 3.63) is 88.8 Å². The Morgan fingerprint density at radius 2 is 1.89 bits per heavy atom. The highest BCUT2D eigenvalue weighted by molar-refractivity contribution is 6.31. The van der Waals surface area contributed by atoms with E-state index in [0.717, 1.165) is 59.0 Å². The Balaban J connectivity index is 1.40. The molecule has 6 rings (SSSR count). The molecule has 0 atom stereocenters. The van der Waals surface area contributed by atoms with Crippen molar-refractivity contribution in [2.45, 2.75) is 45.1 Å². The van der Waals surface area contributed by atoms with Crippen LogP contribution in [0.2, 0.25) is 5.02 Å². The molecule has 9 heteroatoms. The summed E-state index contributed by atoms with van der Waals surface area (Å²) in [7, 11) is 0. The van der Waals surface area contributed by atoms with Gasteiger partial charge in [-0.1, -0.05) is 43.6 Å². The molecule has 1 fully saturated rings. The highest BCUT2D eigenvalue weighted by Gasteiger charge is 2.21. The van der Waals surface area contributed by atoms with Crippen molar-refractivity contribution in [3.63, 3.8) is 0 Å². The Hall–Kier alpha value is -3.75. The molecular formula is C29H31ClN8. The van der Waals surface area contributed by atoms with Crippen LogP contribution in [0.1, 0.15) is 55.2 Å². The molecule has 2 aromatic carbocycles. The third-order valence-electron chi connectivity index (χ3n) is 7.23. The van der Waals surface area contributed by atoms with Crippen molar-refractivity contribution in [1.29, 1.82) is 0 Å². The first-order valence-electron chi connectivity index (χ1n) is 13.2. The number of nitrogens with one attached hydrogen (secondary N) is 2. The predicted octanol–water partition coefficient (Wildman–Crippen LogP) is 5.83. The van der Waals surface area contributed by atoms with Gasteiger partial charge in [0, 0.05) is 35.1 Å². The lowest BCUT2D eigenvalue weighted by Crippen LogP contribution is -2.26. The second kappa shape index (κ2) is 10.6. The van der Waals surface area contributed by atoms with Crippen molar-refractivity contribution in [2.24, 2.45) is 0 Å². The summed E-state index contributed by atoms with van der Waals surface area (Å²) >= 11 is 6.67. The van der Waals surface area contributed by atoms with E-state index in [4.69, 9.17) is 21.6 Å². The largest absolute Gasteiger partial charge is 0.350 e. The summed E-state index contributed by atoms with van der Waals surface area (Å²) in [6.07, 6.45) is 7.77. The molecule has 1 aliphatic heterocycles. The Morgan fingerprint density at radius 3 is 2.68 bits per heavy atom. The van der Waals surface area contributed by atoms with E-state index >= 15 is 0 Å². The number of nitrogens with zero attached hydrogens (tertiary/aromatic N) is 6. The van der Waals surface area contributed by atoms with Crippen LogP contribution in [0.25, 0.3) is 22.7 Å². The molecule has 0 unspecified atom stereocenters. The molecule has 1 aliphatic rings. The fraction of sp³-hybridized carbons (Fsp3) is 0.310. The van der Waals surface area contributed by atoms with Gasteiger partial charge in [-0.05, 0) is 79.2 Å². The lowest BCUT2D eigenvalue weighted by atomic mass is 9.89. The van der Waals surface area contributed by atoms with Crippen LogP contribution in [0.5, 0.6) is 0 Å². The maximum atomic E-state index is 6.67. The van der Waals surface area contributed by atoms with Crippen LogP contribution in [0.15, 0.2) is 67.1 Å². The lowest BCUT2D eigenvalue weighted by Gasteiger charge is -2.24. The van der Waals surface area contributed by atoms with Crippen LogP contribution in [0, 0.1) is 0 Å². The monoisotopic (exact) mass is 526 g/mol. The average molecular weight is 527 g/mol. The maximum absolute atomic E-state index is 6.67. The van der Waals surface area contributed by atoms with Gasteiger partial charge in [-0.15, -0.1) is 0 Å². The van der Waals surface area contributed by atoms with Gasteiger partial charge in [0.25, 0.3) is 0 Å². The first kappa shape index (κ1) is 24.6. The van der Waals surface area contributed by atoms with Crippen molar-refractivity contribution in [1.82, 2.24) is 34.7 Å². The van der Waals surface area contributed by atoms with Gasteiger partial charge in [-0.2, -0.15) is 19.7 Å². The quantitative estimate of drug-likeness (QED) is 0.277. The van der Waals surface area contributed by atoms with Gasteiger partial charge in [0.1, 0.15) is 0 Å². The smallest absolute Gasteiger partial charge is 0.228 e. The first-order chi connectivity index (χ1) is 18.6. The Bertz CT molecular complexity index is 1550. The van der Waals surface area contributed by atoms with Gasteiger partial charge in [0.2, 0.25) is 5.95 Å². The van der Waals surface area contributed by atoms with Crippen molar-refractivity contribution in [2.75, 3.05) is 18.4 Å². The topological polar surface area (TPSA) is 85.0 Å². The molecule has 8 nitrogen and oxygen atoms in total. The minimum absolute atomic E-state index is 0.277. The summed E-state index contributed by atoms with van der Waals surface area (Å²) < 4.78 is 3.68. The molecule has 1 saturated heterocycles. The fourth-order valence-electron chi connectivity index (χ4n) is 5.14. The van der Waals surface area contributed by atoms with Crippen molar-refractivity contribution >= 4 is 23.2 Å². The lowest BCUT2D eigenvalue weighted by molar-refractivity contribution is 0.460. The Morgan fingerprint density at radius 1 is 1.05 bits per heavy atom. The van der Waals surface area contributed by atoms with Crippen molar-refractivity contribution < 1.29 is 0 Å². The summed E-state index contributed by atoms with van der Waals surface area (Å²) in [6.45, 7) is 6.89. The maximum Gasteiger partial charge on any atom is 0.228 e. The van der Waals surface area contributed by atoms with Crippen LogP contribution in [0.3, 0.4) is 0 Å². The SMILES string of the molecule is CC(C)c1cnn2c(NCc3ccccc3-n3cccn3)nc(-c3ccc(Cl)c(C4CCNCC4)c3)nc12. The number of benzene rings is 2. The number of aromatic nitrogens is 6. The third kappa shape index (κ3) is 4.77. The van der Waals surface area contributed by atoms with Crippen LogP contribution in [-0.2, 0) is 6.54 Å². The number of hydrogen-bond donors (Lipinski definition) is 2. The minimum atomic E-state index is 0.277. The number of para-hydroxylation sites is 1. The van der Waals surface area contributed by atoms with Crippen LogP contribution < -0.4 is 10.6 Å². The standard InChI is InChI=1S/C29H31ClN8/c1-19(2)24-18-34-38-28(24)35-27(21-8-9-25(30)23(16-21)20-10-13-31-14-11-20)36-29(38)32-17-22-6-3-4-7-26(22)37-15-5-12-33-37/h3-9,12,15-16,18-20,31H,10-11,13-14,17H2,1-2H3,(H,32,35,36). The van der Waals surface area contributed by atoms with E-state index in [0.29, 0.717) is 24.2 Å². The number of anilines is 1. The molecule has 5 aromatic rings. The number of hydrogen-bond acceptors (Lipinski definition) is 6. The molecule has 0 spiro atoms. The number of piperidine rings is 1. The normalized spacial score (nSPS) is 14.4. The predicted molar refractivity (Wildman–Crippen MR) is 151 cm³/mol. The molecular weight excluding hydrogens is 496 g/mol. The molecule has 0 bridgehead atoms. The van der Waals surface area contributed by atoms with E-state index in [2.05, 4.69) is 52.9 Å². The number of fused-ring (bicyclic) bond motifs is 1. The second-order valence-corrected chi connectivity index (χ2v) is 10.5. The molecule has 0 saturated carbocycles. The van der Waals surface area contributed by atoms with Gasteiger partial charge in [0.15, 0.2) is 11.5 Å². The van der Waals surface area contributed by atoms with Gasteiger partial charge in [0.05, 0.1) is 11.9 Å². The third-order valence-corrected chi connectivity index (χ3v) is 7.57. The molecule has 194 valence electrons. The minimum Gasteiger partial charge on any atom is -0.350 e. The van der Waals surface area contributed by atoms with Gasteiger partial charge in [-0.25, -0.2) is 9.67 Å². The fourth-order valence-corrected chi connectivity index (χ4v) is 5.42. The van der Waals surface area contributed by atoms with E-state index in [1.165, 1.54) is 5.56 Å². The molecule has 2 N–H and O–H groups in total. The molecule has 0 amide bonds. The summed E-state index contributed by atoms with van der Waals surface area (Å²) in [5, 5.41) is 16.8. The van der Waals surface area contributed by atoms with Gasteiger partial charge >= 0.3 is 0 Å². The van der Waals surface area contributed by atoms with E-state index < -0.39 is 0 Å². The zero-order chi connectivity index (χ0) is 26.1. The van der Waals surface area contributed by atoms with Crippen LogP contribution >= 0.6 is 11.6 Å².